The van der Waals surface area contributed by atoms with Gasteiger partial charge in [-0.05, 0) is 37.4 Å². The van der Waals surface area contributed by atoms with Crippen LogP contribution in [0, 0.1) is 5.41 Å². The van der Waals surface area contributed by atoms with Gasteiger partial charge < -0.3 is 10.6 Å². The van der Waals surface area contributed by atoms with Gasteiger partial charge in [0.25, 0.3) is 0 Å². The third kappa shape index (κ3) is 3.15. The number of rotatable bonds is 3. The first-order valence-electron chi connectivity index (χ1n) is 6.93. The fraction of sp³-hybridized carbons (Fsp3) is 0.714. The standard InChI is InChI=1S/C14H24N4O/c1-13(2,3)11-16-12(19)14(5-8-15-9-6-14)18-10-4-7-17-18/h4,7,10,15H,5-6,8-9,11H2,1-3H3,(H,16,19). The molecule has 1 amide bonds. The van der Waals surface area contributed by atoms with Crippen molar-refractivity contribution in [3.8, 4) is 0 Å². The molecule has 5 heteroatoms. The monoisotopic (exact) mass is 264 g/mol. The molecule has 0 atom stereocenters. The van der Waals surface area contributed by atoms with Crippen molar-refractivity contribution in [1.82, 2.24) is 20.4 Å². The van der Waals surface area contributed by atoms with Gasteiger partial charge >= 0.3 is 0 Å². The summed E-state index contributed by atoms with van der Waals surface area (Å²) in [5.74, 6) is 0.0904. The Kier molecular flexibility index (Phi) is 3.94. The molecular weight excluding hydrogens is 240 g/mol. The zero-order chi connectivity index (χ0) is 13.9. The Bertz CT molecular complexity index is 413. The molecule has 0 saturated carbocycles. The summed E-state index contributed by atoms with van der Waals surface area (Å²) in [4.78, 5) is 12.7. The van der Waals surface area contributed by atoms with Gasteiger partial charge in [-0.25, -0.2) is 0 Å². The number of carbonyl (C=O) groups excluding carboxylic acids is 1. The zero-order valence-corrected chi connectivity index (χ0v) is 12.1. The van der Waals surface area contributed by atoms with Crippen LogP contribution < -0.4 is 10.6 Å². The largest absolute Gasteiger partial charge is 0.353 e. The van der Waals surface area contributed by atoms with Crippen LogP contribution >= 0.6 is 0 Å². The van der Waals surface area contributed by atoms with E-state index in [2.05, 4.69) is 36.5 Å². The van der Waals surface area contributed by atoms with E-state index in [9.17, 15) is 4.79 Å². The maximum Gasteiger partial charge on any atom is 0.248 e. The molecule has 5 nitrogen and oxygen atoms in total. The lowest BCUT2D eigenvalue weighted by Gasteiger charge is -2.37. The second-order valence-electron chi connectivity index (χ2n) is 6.48. The van der Waals surface area contributed by atoms with E-state index in [-0.39, 0.29) is 11.3 Å². The van der Waals surface area contributed by atoms with Crippen molar-refractivity contribution in [1.29, 1.82) is 0 Å². The molecule has 19 heavy (non-hydrogen) atoms. The maximum atomic E-state index is 12.7. The van der Waals surface area contributed by atoms with Crippen LogP contribution in [0.1, 0.15) is 33.6 Å². The number of piperidine rings is 1. The summed E-state index contributed by atoms with van der Waals surface area (Å²) in [5.41, 5.74) is -0.437. The van der Waals surface area contributed by atoms with Crippen LogP contribution in [0.25, 0.3) is 0 Å². The summed E-state index contributed by atoms with van der Waals surface area (Å²) in [5, 5.41) is 10.7. The van der Waals surface area contributed by atoms with Gasteiger partial charge in [-0.3, -0.25) is 9.48 Å². The van der Waals surface area contributed by atoms with Gasteiger partial charge in [0.1, 0.15) is 5.54 Å². The lowest BCUT2D eigenvalue weighted by Crippen LogP contribution is -2.55. The summed E-state index contributed by atoms with van der Waals surface area (Å²) >= 11 is 0. The van der Waals surface area contributed by atoms with E-state index < -0.39 is 5.54 Å². The van der Waals surface area contributed by atoms with Crippen molar-refractivity contribution >= 4 is 5.91 Å². The predicted molar refractivity (Wildman–Crippen MR) is 74.8 cm³/mol. The number of hydrogen-bond donors (Lipinski definition) is 2. The Balaban J connectivity index is 2.16. The molecule has 2 rings (SSSR count). The van der Waals surface area contributed by atoms with E-state index in [4.69, 9.17) is 0 Å². The number of hydrogen-bond acceptors (Lipinski definition) is 3. The molecular formula is C14H24N4O. The highest BCUT2D eigenvalue weighted by molar-refractivity contribution is 5.84. The normalized spacial score (nSPS) is 19.1. The minimum absolute atomic E-state index is 0.0904. The highest BCUT2D eigenvalue weighted by Gasteiger charge is 2.42. The molecule has 2 N–H and O–H groups in total. The van der Waals surface area contributed by atoms with E-state index in [1.807, 2.05) is 16.9 Å². The molecule has 0 spiro atoms. The van der Waals surface area contributed by atoms with Crippen molar-refractivity contribution < 1.29 is 4.79 Å². The van der Waals surface area contributed by atoms with Gasteiger partial charge in [0.05, 0.1) is 0 Å². The third-order valence-corrected chi connectivity index (χ3v) is 3.58. The topological polar surface area (TPSA) is 59.0 Å². The number of aromatic nitrogens is 2. The third-order valence-electron chi connectivity index (χ3n) is 3.58. The maximum absolute atomic E-state index is 12.7. The first-order valence-corrected chi connectivity index (χ1v) is 6.93. The fourth-order valence-corrected chi connectivity index (χ4v) is 2.43. The van der Waals surface area contributed by atoms with Gasteiger partial charge in [0.15, 0.2) is 0 Å². The fourth-order valence-electron chi connectivity index (χ4n) is 2.43. The van der Waals surface area contributed by atoms with Crippen LogP contribution in [0.2, 0.25) is 0 Å². The van der Waals surface area contributed by atoms with Crippen LogP contribution in [0.4, 0.5) is 0 Å². The molecule has 1 aromatic rings. The molecule has 0 unspecified atom stereocenters. The quantitative estimate of drug-likeness (QED) is 0.860. The summed E-state index contributed by atoms with van der Waals surface area (Å²) in [6.45, 7) is 8.75. The van der Waals surface area contributed by atoms with Gasteiger partial charge in [-0.15, -0.1) is 0 Å². The minimum atomic E-state index is -0.528. The Labute approximate surface area is 114 Å². The Morgan fingerprint density at radius 1 is 1.42 bits per heavy atom. The van der Waals surface area contributed by atoms with Gasteiger partial charge in [0.2, 0.25) is 5.91 Å². The summed E-state index contributed by atoms with van der Waals surface area (Å²) in [6.07, 6.45) is 5.19. The highest BCUT2D eigenvalue weighted by Crippen LogP contribution is 2.27. The molecule has 1 fully saturated rings. The van der Waals surface area contributed by atoms with Gasteiger partial charge in [-0.1, -0.05) is 20.8 Å². The smallest absolute Gasteiger partial charge is 0.248 e. The lowest BCUT2D eigenvalue weighted by molar-refractivity contribution is -0.132. The molecule has 106 valence electrons. The molecule has 2 heterocycles. The van der Waals surface area contributed by atoms with Crippen molar-refractivity contribution in [2.24, 2.45) is 5.41 Å². The Morgan fingerprint density at radius 3 is 2.63 bits per heavy atom. The number of nitrogens with zero attached hydrogens (tertiary/aromatic N) is 2. The van der Waals surface area contributed by atoms with Crippen molar-refractivity contribution in [2.75, 3.05) is 19.6 Å². The second kappa shape index (κ2) is 5.33. The SMILES string of the molecule is CC(C)(C)CNC(=O)C1(n2cccn2)CCNCC1. The van der Waals surface area contributed by atoms with Gasteiger partial charge in [0, 0.05) is 18.9 Å². The highest BCUT2D eigenvalue weighted by atomic mass is 16.2. The predicted octanol–water partition coefficient (Wildman–Crippen LogP) is 1.12. The van der Waals surface area contributed by atoms with Crippen LogP contribution in [0.5, 0.6) is 0 Å². The van der Waals surface area contributed by atoms with Crippen molar-refractivity contribution in [2.45, 2.75) is 39.2 Å². The summed E-state index contributed by atoms with van der Waals surface area (Å²) in [6, 6.07) is 1.88. The number of carbonyl (C=O) groups is 1. The molecule has 0 bridgehead atoms. The molecule has 1 aliphatic rings. The molecule has 0 radical (unpaired) electrons. The Hall–Kier alpha value is -1.36. The molecule has 1 saturated heterocycles. The van der Waals surface area contributed by atoms with Crippen LogP contribution in [0.15, 0.2) is 18.5 Å². The average Bonchev–Trinajstić information content (AvgIpc) is 2.90. The van der Waals surface area contributed by atoms with E-state index >= 15 is 0 Å². The molecule has 0 aliphatic carbocycles. The number of amides is 1. The molecule has 0 aromatic carbocycles. The molecule has 1 aliphatic heterocycles. The average molecular weight is 264 g/mol. The van der Waals surface area contributed by atoms with E-state index in [1.165, 1.54) is 0 Å². The van der Waals surface area contributed by atoms with Crippen molar-refractivity contribution in [3.05, 3.63) is 18.5 Å². The van der Waals surface area contributed by atoms with E-state index in [0.717, 1.165) is 25.9 Å². The van der Waals surface area contributed by atoms with Gasteiger partial charge in [-0.2, -0.15) is 5.10 Å². The van der Waals surface area contributed by atoms with E-state index in [0.29, 0.717) is 6.54 Å². The van der Waals surface area contributed by atoms with Crippen molar-refractivity contribution in [3.63, 3.8) is 0 Å². The summed E-state index contributed by atoms with van der Waals surface area (Å²) in [7, 11) is 0. The van der Waals surface area contributed by atoms with Crippen LogP contribution in [-0.2, 0) is 10.3 Å². The second-order valence-corrected chi connectivity index (χ2v) is 6.48. The van der Waals surface area contributed by atoms with E-state index in [1.54, 1.807) is 6.20 Å². The minimum Gasteiger partial charge on any atom is -0.353 e. The lowest BCUT2D eigenvalue weighted by atomic mass is 9.86. The van der Waals surface area contributed by atoms with Crippen LogP contribution in [-0.4, -0.2) is 35.3 Å². The first kappa shape index (κ1) is 14.1. The number of nitrogens with one attached hydrogen (secondary N) is 2. The molecule has 1 aromatic heterocycles. The summed E-state index contributed by atoms with van der Waals surface area (Å²) < 4.78 is 1.83. The first-order chi connectivity index (χ1) is 8.94. The van der Waals surface area contributed by atoms with Crippen LogP contribution in [0.3, 0.4) is 0 Å². The zero-order valence-electron chi connectivity index (χ0n) is 12.1. The Morgan fingerprint density at radius 2 is 2.11 bits per heavy atom.